The molecule has 1 aromatic heterocycles. The summed E-state index contributed by atoms with van der Waals surface area (Å²) in [4.78, 5) is 16.2. The van der Waals surface area contributed by atoms with Crippen molar-refractivity contribution < 1.29 is 4.79 Å². The number of ketones is 1. The highest BCUT2D eigenvalue weighted by molar-refractivity contribution is 7.11. The molecule has 0 aliphatic heterocycles. The van der Waals surface area contributed by atoms with E-state index in [9.17, 15) is 4.79 Å². The molecule has 0 saturated carbocycles. The molecule has 0 atom stereocenters. The van der Waals surface area contributed by atoms with Gasteiger partial charge < -0.3 is 0 Å². The number of hydrogen-bond acceptors (Lipinski definition) is 3. The van der Waals surface area contributed by atoms with Crippen LogP contribution in [0.3, 0.4) is 0 Å². The van der Waals surface area contributed by atoms with E-state index in [1.807, 2.05) is 13.8 Å². The maximum Gasteiger partial charge on any atom is 0.136 e. The standard InChI is InChI=1S/C8H11NOS/c1-5(10)4-8-9-6(2)7(3)11-8/h4H2,1-3H3. The minimum atomic E-state index is 0.179. The number of aryl methyl sites for hydroxylation is 2. The third-order valence-corrected chi connectivity index (χ3v) is 2.55. The van der Waals surface area contributed by atoms with Crippen molar-refractivity contribution in [1.29, 1.82) is 0 Å². The fourth-order valence-electron chi connectivity index (χ4n) is 0.828. The van der Waals surface area contributed by atoms with Gasteiger partial charge in [0.15, 0.2) is 0 Å². The number of Topliss-reactive ketones (excluding diaryl/α,β-unsaturated/α-hetero) is 1. The Morgan fingerprint density at radius 2 is 2.18 bits per heavy atom. The van der Waals surface area contributed by atoms with Crippen molar-refractivity contribution in [3.8, 4) is 0 Å². The van der Waals surface area contributed by atoms with Crippen molar-refractivity contribution >= 4 is 17.1 Å². The van der Waals surface area contributed by atoms with Crippen LogP contribution in [0.1, 0.15) is 22.5 Å². The Kier molecular flexibility index (Phi) is 2.39. The largest absolute Gasteiger partial charge is 0.300 e. The topological polar surface area (TPSA) is 30.0 Å². The molecule has 11 heavy (non-hydrogen) atoms. The van der Waals surface area contributed by atoms with Crippen LogP contribution in [0.4, 0.5) is 0 Å². The lowest BCUT2D eigenvalue weighted by Gasteiger charge is -1.85. The summed E-state index contributed by atoms with van der Waals surface area (Å²) in [5.74, 6) is 0.179. The Morgan fingerprint density at radius 3 is 2.55 bits per heavy atom. The smallest absolute Gasteiger partial charge is 0.136 e. The van der Waals surface area contributed by atoms with Crippen molar-refractivity contribution in [2.45, 2.75) is 27.2 Å². The number of aromatic nitrogens is 1. The Bertz CT molecular complexity index is 258. The van der Waals surface area contributed by atoms with Crippen LogP contribution < -0.4 is 0 Å². The molecule has 1 heterocycles. The fraction of sp³-hybridized carbons (Fsp3) is 0.500. The molecule has 0 fully saturated rings. The summed E-state index contributed by atoms with van der Waals surface area (Å²) >= 11 is 1.61. The fourth-order valence-corrected chi connectivity index (χ4v) is 1.83. The van der Waals surface area contributed by atoms with Crippen molar-refractivity contribution in [2.75, 3.05) is 0 Å². The maximum absolute atomic E-state index is 10.7. The Balaban J connectivity index is 2.81. The molecule has 1 aromatic rings. The van der Waals surface area contributed by atoms with Gasteiger partial charge in [0.1, 0.15) is 10.8 Å². The first-order chi connectivity index (χ1) is 5.09. The van der Waals surface area contributed by atoms with Crippen LogP contribution >= 0.6 is 11.3 Å². The van der Waals surface area contributed by atoms with Crippen LogP contribution in [0.2, 0.25) is 0 Å². The van der Waals surface area contributed by atoms with Gasteiger partial charge in [-0.2, -0.15) is 0 Å². The van der Waals surface area contributed by atoms with E-state index >= 15 is 0 Å². The third-order valence-electron chi connectivity index (χ3n) is 1.47. The molecule has 0 radical (unpaired) electrons. The second kappa shape index (κ2) is 3.13. The summed E-state index contributed by atoms with van der Waals surface area (Å²) < 4.78 is 0. The number of thiazole rings is 1. The lowest BCUT2D eigenvalue weighted by Crippen LogP contribution is -1.94. The molecule has 2 nitrogen and oxygen atoms in total. The predicted octanol–water partition coefficient (Wildman–Crippen LogP) is 1.89. The van der Waals surface area contributed by atoms with Crippen LogP contribution in [0, 0.1) is 13.8 Å². The van der Waals surface area contributed by atoms with Gasteiger partial charge in [0.05, 0.1) is 12.1 Å². The SMILES string of the molecule is CC(=O)Cc1nc(C)c(C)s1. The molecule has 0 unspecified atom stereocenters. The zero-order valence-corrected chi connectivity index (χ0v) is 7.79. The molecule has 0 N–H and O–H groups in total. The zero-order valence-electron chi connectivity index (χ0n) is 6.97. The molecular weight excluding hydrogens is 158 g/mol. The first-order valence-electron chi connectivity index (χ1n) is 3.52. The van der Waals surface area contributed by atoms with E-state index in [2.05, 4.69) is 4.98 Å². The van der Waals surface area contributed by atoms with Crippen molar-refractivity contribution in [2.24, 2.45) is 0 Å². The molecule has 0 amide bonds. The second-order valence-electron chi connectivity index (χ2n) is 2.63. The minimum Gasteiger partial charge on any atom is -0.300 e. The van der Waals surface area contributed by atoms with Crippen LogP contribution in [0.25, 0.3) is 0 Å². The molecule has 0 saturated heterocycles. The minimum absolute atomic E-state index is 0.179. The van der Waals surface area contributed by atoms with E-state index < -0.39 is 0 Å². The lowest BCUT2D eigenvalue weighted by molar-refractivity contribution is -0.116. The summed E-state index contributed by atoms with van der Waals surface area (Å²) in [6.07, 6.45) is 0.485. The summed E-state index contributed by atoms with van der Waals surface area (Å²) in [6.45, 7) is 5.58. The van der Waals surface area contributed by atoms with Gasteiger partial charge in [0.2, 0.25) is 0 Å². The van der Waals surface area contributed by atoms with E-state index in [0.717, 1.165) is 10.7 Å². The van der Waals surface area contributed by atoms with Crippen LogP contribution in [0.15, 0.2) is 0 Å². The second-order valence-corrected chi connectivity index (χ2v) is 3.92. The highest BCUT2D eigenvalue weighted by atomic mass is 32.1. The molecule has 0 bridgehead atoms. The molecule has 0 aliphatic rings. The van der Waals surface area contributed by atoms with Gasteiger partial charge in [0.25, 0.3) is 0 Å². The van der Waals surface area contributed by atoms with Gasteiger partial charge in [-0.25, -0.2) is 4.98 Å². The average molecular weight is 169 g/mol. The highest BCUT2D eigenvalue weighted by Crippen LogP contribution is 2.16. The monoisotopic (exact) mass is 169 g/mol. The van der Waals surface area contributed by atoms with Gasteiger partial charge in [-0.05, 0) is 20.8 Å². The molecule has 3 heteroatoms. The molecule has 0 spiro atoms. The molecule has 1 rings (SSSR count). The van der Waals surface area contributed by atoms with Crippen molar-refractivity contribution in [1.82, 2.24) is 4.98 Å². The van der Waals surface area contributed by atoms with E-state index in [4.69, 9.17) is 0 Å². The first kappa shape index (κ1) is 8.40. The first-order valence-corrected chi connectivity index (χ1v) is 4.33. The number of nitrogens with zero attached hydrogens (tertiary/aromatic N) is 1. The molecule has 0 aromatic carbocycles. The van der Waals surface area contributed by atoms with Gasteiger partial charge in [0, 0.05) is 4.88 Å². The number of carbonyl (C=O) groups excluding carboxylic acids is 1. The predicted molar refractivity (Wildman–Crippen MR) is 46.0 cm³/mol. The Labute approximate surface area is 70.3 Å². The summed E-state index contributed by atoms with van der Waals surface area (Å²) in [6, 6.07) is 0. The Morgan fingerprint density at radius 1 is 1.55 bits per heavy atom. The van der Waals surface area contributed by atoms with Crippen molar-refractivity contribution in [3.05, 3.63) is 15.6 Å². The highest BCUT2D eigenvalue weighted by Gasteiger charge is 2.04. The van der Waals surface area contributed by atoms with Crippen molar-refractivity contribution in [3.63, 3.8) is 0 Å². The van der Waals surface area contributed by atoms with Gasteiger partial charge in [-0.15, -0.1) is 11.3 Å². The summed E-state index contributed by atoms with van der Waals surface area (Å²) in [5.41, 5.74) is 1.05. The molecule has 0 aliphatic carbocycles. The van der Waals surface area contributed by atoms with E-state index in [1.165, 1.54) is 4.88 Å². The van der Waals surface area contributed by atoms with Gasteiger partial charge in [-0.3, -0.25) is 4.79 Å². The third kappa shape index (κ3) is 2.12. The van der Waals surface area contributed by atoms with E-state index in [-0.39, 0.29) is 5.78 Å². The van der Waals surface area contributed by atoms with Crippen LogP contribution in [0.5, 0.6) is 0 Å². The molecular formula is C8H11NOS. The average Bonchev–Trinajstić information content (AvgIpc) is 2.10. The number of carbonyl (C=O) groups is 1. The van der Waals surface area contributed by atoms with Crippen LogP contribution in [-0.4, -0.2) is 10.8 Å². The quantitative estimate of drug-likeness (QED) is 0.676. The lowest BCUT2D eigenvalue weighted by atomic mass is 10.3. The van der Waals surface area contributed by atoms with Crippen LogP contribution in [-0.2, 0) is 11.2 Å². The number of rotatable bonds is 2. The Hall–Kier alpha value is -0.700. The van der Waals surface area contributed by atoms with E-state index in [0.29, 0.717) is 6.42 Å². The van der Waals surface area contributed by atoms with Gasteiger partial charge >= 0.3 is 0 Å². The van der Waals surface area contributed by atoms with E-state index in [1.54, 1.807) is 18.3 Å². The zero-order chi connectivity index (χ0) is 8.43. The van der Waals surface area contributed by atoms with Gasteiger partial charge in [-0.1, -0.05) is 0 Å². The summed E-state index contributed by atoms with van der Waals surface area (Å²) in [5, 5.41) is 0.938. The molecule has 60 valence electrons. The number of hydrogen-bond donors (Lipinski definition) is 0. The maximum atomic E-state index is 10.7. The normalized spacial score (nSPS) is 10.1. The summed E-state index contributed by atoms with van der Waals surface area (Å²) in [7, 11) is 0.